The summed E-state index contributed by atoms with van der Waals surface area (Å²) in [5.41, 5.74) is 4.98. The van der Waals surface area contributed by atoms with E-state index < -0.39 is 0 Å². The topological polar surface area (TPSA) is 23.6 Å². The van der Waals surface area contributed by atoms with E-state index in [0.29, 0.717) is 6.67 Å². The quantitative estimate of drug-likeness (QED) is 0.612. The molecule has 5 rings (SSSR count). The molecule has 0 spiro atoms. The van der Waals surface area contributed by atoms with Crippen molar-refractivity contribution in [2.24, 2.45) is 0 Å². The Morgan fingerprint density at radius 3 is 2.39 bits per heavy atom. The second-order valence-corrected chi connectivity index (χ2v) is 8.79. The number of carbonyl (C=O) groups is 1. The number of amides is 1. The first-order valence-corrected chi connectivity index (χ1v) is 10.9. The van der Waals surface area contributed by atoms with Crippen LogP contribution < -0.4 is 4.90 Å². The molecular weight excluding hydrogens is 364 g/mol. The fraction of sp³-hybridized carbons (Fsp3) is 0.292. The monoisotopic (exact) mass is 388 g/mol. The molecule has 2 aromatic carbocycles. The lowest BCUT2D eigenvalue weighted by atomic mass is 9.94. The average Bonchev–Trinajstić information content (AvgIpc) is 3.13. The third-order valence-electron chi connectivity index (χ3n) is 5.74. The van der Waals surface area contributed by atoms with Crippen LogP contribution in [0.3, 0.4) is 0 Å². The van der Waals surface area contributed by atoms with Gasteiger partial charge < -0.3 is 0 Å². The van der Waals surface area contributed by atoms with Gasteiger partial charge >= 0.3 is 0 Å². The molecule has 142 valence electrons. The van der Waals surface area contributed by atoms with Crippen LogP contribution in [-0.4, -0.2) is 17.5 Å². The largest absolute Gasteiger partial charge is 0.286 e. The predicted molar refractivity (Wildman–Crippen MR) is 115 cm³/mol. The normalized spacial score (nSPS) is 16.5. The number of hydrogen-bond acceptors (Lipinski definition) is 3. The highest BCUT2D eigenvalue weighted by atomic mass is 32.1. The molecule has 0 atom stereocenters. The maximum absolute atomic E-state index is 13.4. The summed E-state index contributed by atoms with van der Waals surface area (Å²) in [5, 5.41) is 1.19. The van der Waals surface area contributed by atoms with Gasteiger partial charge in [0.15, 0.2) is 0 Å². The van der Waals surface area contributed by atoms with Gasteiger partial charge in [-0.05, 0) is 48.9 Å². The Morgan fingerprint density at radius 2 is 1.61 bits per heavy atom. The van der Waals surface area contributed by atoms with E-state index in [4.69, 9.17) is 0 Å². The highest BCUT2D eigenvalue weighted by molar-refractivity contribution is 7.16. The van der Waals surface area contributed by atoms with E-state index in [1.54, 1.807) is 0 Å². The Bertz CT molecular complexity index is 981. The highest BCUT2D eigenvalue weighted by Crippen LogP contribution is 2.43. The smallest absolute Gasteiger partial charge is 0.260 e. The summed E-state index contributed by atoms with van der Waals surface area (Å²) < 4.78 is 0. The van der Waals surface area contributed by atoms with Gasteiger partial charge in [-0.2, -0.15) is 0 Å². The highest BCUT2D eigenvalue weighted by Gasteiger charge is 2.33. The van der Waals surface area contributed by atoms with Crippen LogP contribution in [0.1, 0.15) is 44.8 Å². The third kappa shape index (κ3) is 3.27. The van der Waals surface area contributed by atoms with Crippen LogP contribution in [0, 0.1) is 0 Å². The number of fused-ring (bicyclic) bond motifs is 3. The van der Waals surface area contributed by atoms with Crippen LogP contribution in [0.15, 0.2) is 60.7 Å². The molecule has 4 heteroatoms. The van der Waals surface area contributed by atoms with Crippen LogP contribution in [0.4, 0.5) is 5.00 Å². The molecule has 1 aromatic heterocycles. The molecule has 0 radical (unpaired) electrons. The molecule has 0 saturated carbocycles. The Hall–Kier alpha value is -2.43. The molecule has 1 amide bonds. The van der Waals surface area contributed by atoms with Crippen molar-refractivity contribution in [3.8, 4) is 0 Å². The summed E-state index contributed by atoms with van der Waals surface area (Å²) in [4.78, 5) is 19.3. The van der Waals surface area contributed by atoms with Crippen LogP contribution >= 0.6 is 11.3 Å². The summed E-state index contributed by atoms with van der Waals surface area (Å²) in [7, 11) is 0. The van der Waals surface area contributed by atoms with Gasteiger partial charge in [0.1, 0.15) is 5.00 Å². The first kappa shape index (κ1) is 17.7. The molecule has 3 nitrogen and oxygen atoms in total. The summed E-state index contributed by atoms with van der Waals surface area (Å²) >= 11 is 1.86. The minimum absolute atomic E-state index is 0.109. The molecule has 0 saturated heterocycles. The molecule has 2 aliphatic rings. The Labute approximate surface area is 170 Å². The van der Waals surface area contributed by atoms with Crippen molar-refractivity contribution in [2.75, 3.05) is 11.6 Å². The molecule has 0 unspecified atom stereocenters. The van der Waals surface area contributed by atoms with Crippen LogP contribution in [-0.2, 0) is 25.9 Å². The van der Waals surface area contributed by atoms with Crippen LogP contribution in [0.5, 0.6) is 0 Å². The summed E-state index contributed by atoms with van der Waals surface area (Å²) in [6.07, 6.45) is 4.86. The zero-order valence-electron chi connectivity index (χ0n) is 15.9. The number of nitrogens with zero attached hydrogens (tertiary/aromatic N) is 2. The number of thiophene rings is 1. The summed E-state index contributed by atoms with van der Waals surface area (Å²) in [6, 6.07) is 20.3. The van der Waals surface area contributed by atoms with Gasteiger partial charge in [-0.3, -0.25) is 14.6 Å². The Kier molecular flexibility index (Phi) is 4.75. The predicted octanol–water partition coefficient (Wildman–Crippen LogP) is 5.25. The van der Waals surface area contributed by atoms with Crippen LogP contribution in [0.2, 0.25) is 0 Å². The minimum atomic E-state index is 0.109. The second-order valence-electron chi connectivity index (χ2n) is 7.71. The lowest BCUT2D eigenvalue weighted by molar-refractivity contribution is 0.0957. The number of rotatable bonds is 3. The van der Waals surface area contributed by atoms with E-state index in [9.17, 15) is 4.79 Å². The van der Waals surface area contributed by atoms with Crippen LogP contribution in [0.25, 0.3) is 0 Å². The minimum Gasteiger partial charge on any atom is -0.286 e. The fourth-order valence-corrected chi connectivity index (χ4v) is 5.77. The fourth-order valence-electron chi connectivity index (χ4n) is 4.38. The number of aryl methyl sites for hydroxylation is 1. The zero-order chi connectivity index (χ0) is 18.9. The van der Waals surface area contributed by atoms with Crippen molar-refractivity contribution in [2.45, 2.75) is 38.8 Å². The van der Waals surface area contributed by atoms with Crippen molar-refractivity contribution in [1.82, 2.24) is 4.90 Å². The van der Waals surface area contributed by atoms with Gasteiger partial charge in [0.25, 0.3) is 5.91 Å². The van der Waals surface area contributed by atoms with Gasteiger partial charge in [0.2, 0.25) is 0 Å². The van der Waals surface area contributed by atoms with E-state index >= 15 is 0 Å². The first-order chi connectivity index (χ1) is 13.8. The summed E-state index contributed by atoms with van der Waals surface area (Å²) in [5.74, 6) is 0.109. The number of anilines is 1. The van der Waals surface area contributed by atoms with Gasteiger partial charge in [0.05, 0.1) is 6.67 Å². The van der Waals surface area contributed by atoms with E-state index in [-0.39, 0.29) is 5.91 Å². The van der Waals surface area contributed by atoms with E-state index in [1.807, 2.05) is 46.6 Å². The molecular formula is C24H24N2OS. The lowest BCUT2D eigenvalue weighted by Gasteiger charge is -2.36. The SMILES string of the molecule is O=C(c1ccccc1)N1CN(Cc2ccccc2)Cc2c1sc1c2CCCC1. The molecule has 28 heavy (non-hydrogen) atoms. The van der Waals surface area contributed by atoms with E-state index in [0.717, 1.165) is 25.1 Å². The van der Waals surface area contributed by atoms with Gasteiger partial charge in [-0.25, -0.2) is 0 Å². The molecule has 3 aromatic rings. The first-order valence-electron chi connectivity index (χ1n) is 10.1. The molecule has 1 aliphatic carbocycles. The van der Waals surface area contributed by atoms with Crippen molar-refractivity contribution < 1.29 is 4.79 Å². The second kappa shape index (κ2) is 7.53. The molecule has 0 bridgehead atoms. The lowest BCUT2D eigenvalue weighted by Crippen LogP contribution is -2.44. The van der Waals surface area contributed by atoms with Crippen molar-refractivity contribution >= 4 is 22.2 Å². The van der Waals surface area contributed by atoms with Crippen molar-refractivity contribution in [1.29, 1.82) is 0 Å². The molecule has 1 aliphatic heterocycles. The van der Waals surface area contributed by atoms with E-state index in [2.05, 4.69) is 35.2 Å². The zero-order valence-corrected chi connectivity index (χ0v) is 16.8. The maximum Gasteiger partial charge on any atom is 0.260 e. The van der Waals surface area contributed by atoms with Gasteiger partial charge in [-0.1, -0.05) is 48.5 Å². The Balaban J connectivity index is 1.52. The third-order valence-corrected chi connectivity index (χ3v) is 7.10. The van der Waals surface area contributed by atoms with Gasteiger partial charge in [0, 0.05) is 29.1 Å². The molecule has 0 N–H and O–H groups in total. The number of benzene rings is 2. The number of hydrogen-bond donors (Lipinski definition) is 0. The summed E-state index contributed by atoms with van der Waals surface area (Å²) in [6.45, 7) is 2.45. The van der Waals surface area contributed by atoms with Crippen molar-refractivity contribution in [3.05, 3.63) is 87.8 Å². The molecule has 2 heterocycles. The Morgan fingerprint density at radius 1 is 0.893 bits per heavy atom. The standard InChI is InChI=1S/C24H24N2OS/c27-23(19-11-5-2-6-12-19)26-17-25(15-18-9-3-1-4-10-18)16-21-20-13-7-8-14-22(20)28-24(21)26/h1-6,9-12H,7-8,13-17H2. The maximum atomic E-state index is 13.4. The number of carbonyl (C=O) groups excluding carboxylic acids is 1. The molecule has 0 fully saturated rings. The van der Waals surface area contributed by atoms with Gasteiger partial charge in [-0.15, -0.1) is 11.3 Å². The average molecular weight is 389 g/mol. The van der Waals surface area contributed by atoms with Crippen molar-refractivity contribution in [3.63, 3.8) is 0 Å². The van der Waals surface area contributed by atoms with E-state index in [1.165, 1.54) is 45.8 Å².